The largest absolute Gasteiger partial charge is 0.442 e. The maximum Gasteiger partial charge on any atom is 0.414 e. The quantitative estimate of drug-likeness (QED) is 0.887. The van der Waals surface area contributed by atoms with Crippen LogP contribution in [0.4, 0.5) is 16.2 Å². The number of carbonyl (C=O) groups is 1. The summed E-state index contributed by atoms with van der Waals surface area (Å²) in [6.07, 6.45) is -1.03. The molecule has 24 heavy (non-hydrogen) atoms. The summed E-state index contributed by atoms with van der Waals surface area (Å²) in [6, 6.07) is 19.4. The van der Waals surface area contributed by atoms with Crippen LogP contribution in [0.2, 0.25) is 0 Å². The number of rotatable bonds is 6. The van der Waals surface area contributed by atoms with Gasteiger partial charge in [-0.1, -0.05) is 36.4 Å². The summed E-state index contributed by atoms with van der Waals surface area (Å²) in [5.74, 6) is 0. The van der Waals surface area contributed by atoms with Crippen LogP contribution in [0.3, 0.4) is 0 Å². The molecule has 0 saturated carbocycles. The highest BCUT2D eigenvalue weighted by atomic mass is 16.6. The zero-order chi connectivity index (χ0) is 16.9. The zero-order valence-corrected chi connectivity index (χ0v) is 13.7. The Bertz CT molecular complexity index is 661. The van der Waals surface area contributed by atoms with E-state index in [0.717, 1.165) is 11.4 Å². The van der Waals surface area contributed by atoms with Crippen LogP contribution in [0.1, 0.15) is 6.92 Å². The Morgan fingerprint density at radius 3 is 2.42 bits per heavy atom. The Hall–Kier alpha value is -2.53. The molecule has 5 heteroatoms. The third-order valence-electron chi connectivity index (χ3n) is 3.97. The number of anilines is 2. The van der Waals surface area contributed by atoms with Crippen molar-refractivity contribution in [1.29, 1.82) is 0 Å². The monoisotopic (exact) mass is 326 g/mol. The minimum absolute atomic E-state index is 0.239. The maximum atomic E-state index is 12.2. The predicted molar refractivity (Wildman–Crippen MR) is 94.4 cm³/mol. The first-order chi connectivity index (χ1) is 11.6. The summed E-state index contributed by atoms with van der Waals surface area (Å²) in [6.45, 7) is 3.30. The van der Waals surface area contributed by atoms with Crippen molar-refractivity contribution in [2.45, 2.75) is 19.1 Å². The SMILES string of the molecule is CC(O)CN(CC1CN(c2ccccc2)C(=O)O1)c1ccccc1. The summed E-state index contributed by atoms with van der Waals surface area (Å²) < 4.78 is 5.53. The Morgan fingerprint density at radius 1 is 1.17 bits per heavy atom. The third-order valence-corrected chi connectivity index (χ3v) is 3.97. The van der Waals surface area contributed by atoms with Gasteiger partial charge in [-0.15, -0.1) is 0 Å². The van der Waals surface area contributed by atoms with Gasteiger partial charge >= 0.3 is 6.09 Å². The van der Waals surface area contributed by atoms with Gasteiger partial charge < -0.3 is 14.7 Å². The van der Waals surface area contributed by atoms with Gasteiger partial charge in [-0.3, -0.25) is 4.90 Å². The van der Waals surface area contributed by atoms with Gasteiger partial charge in [0, 0.05) is 17.9 Å². The molecule has 0 bridgehead atoms. The van der Waals surface area contributed by atoms with Crippen LogP contribution in [0.25, 0.3) is 0 Å². The van der Waals surface area contributed by atoms with Crippen molar-refractivity contribution in [3.63, 3.8) is 0 Å². The van der Waals surface area contributed by atoms with Gasteiger partial charge in [-0.2, -0.15) is 0 Å². The standard InChI is InChI=1S/C19H22N2O3/c1-15(22)12-20(16-8-4-2-5-9-16)13-18-14-21(19(23)24-18)17-10-6-3-7-11-17/h2-11,15,18,22H,12-14H2,1H3. The fourth-order valence-corrected chi connectivity index (χ4v) is 2.92. The molecule has 2 atom stereocenters. The van der Waals surface area contributed by atoms with E-state index < -0.39 is 6.10 Å². The molecule has 3 rings (SSSR count). The lowest BCUT2D eigenvalue weighted by atomic mass is 10.2. The third kappa shape index (κ3) is 3.86. The first-order valence-corrected chi connectivity index (χ1v) is 8.15. The molecule has 0 aromatic heterocycles. The van der Waals surface area contributed by atoms with Gasteiger partial charge in [0.25, 0.3) is 0 Å². The van der Waals surface area contributed by atoms with Crippen LogP contribution in [-0.2, 0) is 4.74 Å². The van der Waals surface area contributed by atoms with Crippen molar-refractivity contribution in [1.82, 2.24) is 0 Å². The maximum absolute atomic E-state index is 12.2. The van der Waals surface area contributed by atoms with Crippen LogP contribution in [0, 0.1) is 0 Å². The first-order valence-electron chi connectivity index (χ1n) is 8.15. The smallest absolute Gasteiger partial charge is 0.414 e. The molecular weight excluding hydrogens is 304 g/mol. The van der Waals surface area contributed by atoms with Crippen molar-refractivity contribution in [3.8, 4) is 0 Å². The zero-order valence-electron chi connectivity index (χ0n) is 13.7. The second kappa shape index (κ2) is 7.36. The van der Waals surface area contributed by atoms with Crippen LogP contribution >= 0.6 is 0 Å². The number of benzene rings is 2. The topological polar surface area (TPSA) is 53.0 Å². The van der Waals surface area contributed by atoms with Gasteiger partial charge in [0.15, 0.2) is 0 Å². The molecule has 0 spiro atoms. The molecule has 1 amide bonds. The highest BCUT2D eigenvalue weighted by Crippen LogP contribution is 2.23. The Kier molecular flexibility index (Phi) is 5.01. The number of carbonyl (C=O) groups excluding carboxylic acids is 1. The second-order valence-corrected chi connectivity index (χ2v) is 6.04. The fraction of sp³-hybridized carbons (Fsp3) is 0.316. The molecule has 1 N–H and O–H groups in total. The van der Waals surface area contributed by atoms with Crippen molar-refractivity contribution in [3.05, 3.63) is 60.7 Å². The summed E-state index contributed by atoms with van der Waals surface area (Å²) in [7, 11) is 0. The van der Waals surface area contributed by atoms with E-state index >= 15 is 0 Å². The highest BCUT2D eigenvalue weighted by Gasteiger charge is 2.33. The van der Waals surface area contributed by atoms with E-state index in [1.165, 1.54) is 0 Å². The van der Waals surface area contributed by atoms with Gasteiger partial charge in [0.2, 0.25) is 0 Å². The number of aliphatic hydroxyl groups is 1. The molecular formula is C19H22N2O3. The second-order valence-electron chi connectivity index (χ2n) is 6.04. The molecule has 5 nitrogen and oxygen atoms in total. The van der Waals surface area contributed by atoms with Gasteiger partial charge in [-0.05, 0) is 31.2 Å². The highest BCUT2D eigenvalue weighted by molar-refractivity contribution is 5.89. The molecule has 2 aromatic rings. The number of para-hydroxylation sites is 2. The van der Waals surface area contributed by atoms with Crippen molar-refractivity contribution in [2.75, 3.05) is 29.4 Å². The summed E-state index contributed by atoms with van der Waals surface area (Å²) in [4.78, 5) is 15.9. The van der Waals surface area contributed by atoms with Crippen molar-refractivity contribution >= 4 is 17.5 Å². The Morgan fingerprint density at radius 2 is 1.79 bits per heavy atom. The van der Waals surface area contributed by atoms with Gasteiger partial charge in [-0.25, -0.2) is 4.79 Å². The molecule has 126 valence electrons. The molecule has 1 saturated heterocycles. The lowest BCUT2D eigenvalue weighted by Crippen LogP contribution is -2.39. The van der Waals surface area contributed by atoms with Crippen LogP contribution in [-0.4, -0.2) is 43.0 Å². The van der Waals surface area contributed by atoms with E-state index in [0.29, 0.717) is 19.6 Å². The average molecular weight is 326 g/mol. The van der Waals surface area contributed by atoms with Crippen LogP contribution in [0.5, 0.6) is 0 Å². The van der Waals surface area contributed by atoms with E-state index in [2.05, 4.69) is 4.90 Å². The number of amides is 1. The molecule has 1 aliphatic rings. The van der Waals surface area contributed by atoms with E-state index in [1.807, 2.05) is 60.7 Å². The predicted octanol–water partition coefficient (Wildman–Crippen LogP) is 2.90. The number of hydrogen-bond donors (Lipinski definition) is 1. The number of hydrogen-bond acceptors (Lipinski definition) is 4. The molecule has 1 fully saturated rings. The van der Waals surface area contributed by atoms with E-state index in [4.69, 9.17) is 4.74 Å². The number of ether oxygens (including phenoxy) is 1. The van der Waals surface area contributed by atoms with E-state index in [-0.39, 0.29) is 12.2 Å². The van der Waals surface area contributed by atoms with Gasteiger partial charge in [0.05, 0.1) is 19.2 Å². The minimum atomic E-state index is -0.465. The lowest BCUT2D eigenvalue weighted by molar-refractivity contribution is 0.141. The fourth-order valence-electron chi connectivity index (χ4n) is 2.92. The summed E-state index contributed by atoms with van der Waals surface area (Å²) >= 11 is 0. The first kappa shape index (κ1) is 16.3. The summed E-state index contributed by atoms with van der Waals surface area (Å²) in [5.41, 5.74) is 1.85. The molecule has 2 aromatic carbocycles. The summed E-state index contributed by atoms with van der Waals surface area (Å²) in [5, 5.41) is 9.78. The van der Waals surface area contributed by atoms with Crippen LogP contribution < -0.4 is 9.80 Å². The number of aliphatic hydroxyl groups excluding tert-OH is 1. The Labute approximate surface area is 142 Å². The number of nitrogens with zero attached hydrogens (tertiary/aromatic N) is 2. The molecule has 0 radical (unpaired) electrons. The minimum Gasteiger partial charge on any atom is -0.442 e. The lowest BCUT2D eigenvalue weighted by Gasteiger charge is -2.28. The normalized spacial score (nSPS) is 18.3. The Balaban J connectivity index is 1.71. The van der Waals surface area contributed by atoms with Crippen molar-refractivity contribution in [2.24, 2.45) is 0 Å². The molecule has 2 unspecified atom stereocenters. The molecule has 0 aliphatic carbocycles. The molecule has 1 heterocycles. The van der Waals surface area contributed by atoms with Crippen molar-refractivity contribution < 1.29 is 14.6 Å². The van der Waals surface area contributed by atoms with E-state index in [1.54, 1.807) is 11.8 Å². The molecule has 1 aliphatic heterocycles. The number of cyclic esters (lactones) is 1. The van der Waals surface area contributed by atoms with Crippen LogP contribution in [0.15, 0.2) is 60.7 Å². The van der Waals surface area contributed by atoms with Gasteiger partial charge in [0.1, 0.15) is 6.10 Å². The average Bonchev–Trinajstić information content (AvgIpc) is 2.96. The van der Waals surface area contributed by atoms with E-state index in [9.17, 15) is 9.90 Å².